The van der Waals surface area contributed by atoms with E-state index in [1.807, 2.05) is 0 Å². The van der Waals surface area contributed by atoms with Crippen molar-refractivity contribution < 1.29 is 22.9 Å². The van der Waals surface area contributed by atoms with Gasteiger partial charge in [0, 0.05) is 24.4 Å². The molecule has 27 heavy (non-hydrogen) atoms. The Kier molecular flexibility index (Phi) is 5.05. The molecule has 0 aromatic heterocycles. The van der Waals surface area contributed by atoms with Crippen molar-refractivity contribution in [3.63, 3.8) is 0 Å². The van der Waals surface area contributed by atoms with Crippen LogP contribution in [0.3, 0.4) is 0 Å². The number of nitrogens with two attached hydrogens (primary N) is 1. The van der Waals surface area contributed by atoms with E-state index in [1.165, 1.54) is 35.2 Å². The molecule has 142 valence electrons. The van der Waals surface area contributed by atoms with Gasteiger partial charge in [-0.2, -0.15) is 0 Å². The molecular weight excluding hydrogens is 398 g/mol. The summed E-state index contributed by atoms with van der Waals surface area (Å²) in [5.74, 6) is -0.203. The SMILES string of the molecule is NS(=O)(=O)c1ccc2c(c1)CCN2C(=O)COc1ccc([N+](=O)[O-])cc1Cl. The van der Waals surface area contributed by atoms with Crippen molar-refractivity contribution in [2.45, 2.75) is 11.3 Å². The smallest absolute Gasteiger partial charge is 0.271 e. The van der Waals surface area contributed by atoms with Crippen molar-refractivity contribution in [1.29, 1.82) is 0 Å². The van der Waals surface area contributed by atoms with Gasteiger partial charge in [-0.3, -0.25) is 14.9 Å². The fourth-order valence-electron chi connectivity index (χ4n) is 2.75. The van der Waals surface area contributed by atoms with Crippen LogP contribution in [0.5, 0.6) is 5.75 Å². The minimum Gasteiger partial charge on any atom is -0.482 e. The van der Waals surface area contributed by atoms with E-state index >= 15 is 0 Å². The standard InChI is InChI=1S/C16H14ClN3O6S/c17-13-8-11(20(22)23)1-4-15(13)26-9-16(21)19-6-5-10-7-12(27(18,24)25)2-3-14(10)19/h1-4,7-8H,5-6,9H2,(H2,18,24,25). The highest BCUT2D eigenvalue weighted by Crippen LogP contribution is 2.31. The van der Waals surface area contributed by atoms with Crippen molar-refractivity contribution in [3.05, 3.63) is 57.1 Å². The number of nitrogens with zero attached hydrogens (tertiary/aromatic N) is 2. The number of non-ortho nitro benzene ring substituents is 1. The summed E-state index contributed by atoms with van der Waals surface area (Å²) in [7, 11) is -3.81. The lowest BCUT2D eigenvalue weighted by atomic mass is 10.2. The van der Waals surface area contributed by atoms with Crippen LogP contribution in [0, 0.1) is 10.1 Å². The Morgan fingerprint density at radius 2 is 2.04 bits per heavy atom. The van der Waals surface area contributed by atoms with Crippen LogP contribution >= 0.6 is 11.6 Å². The predicted octanol–water partition coefficient (Wildman–Crippen LogP) is 1.86. The number of halogens is 1. The van der Waals surface area contributed by atoms with E-state index in [9.17, 15) is 23.3 Å². The lowest BCUT2D eigenvalue weighted by Gasteiger charge is -2.18. The number of primary sulfonamides is 1. The monoisotopic (exact) mass is 411 g/mol. The maximum Gasteiger partial charge on any atom is 0.271 e. The number of carbonyl (C=O) groups excluding carboxylic acids is 1. The number of nitro groups is 1. The topological polar surface area (TPSA) is 133 Å². The molecule has 11 heteroatoms. The van der Waals surface area contributed by atoms with Gasteiger partial charge < -0.3 is 9.64 Å². The number of carbonyl (C=O) groups is 1. The minimum atomic E-state index is -3.81. The van der Waals surface area contributed by atoms with E-state index in [1.54, 1.807) is 0 Å². The normalized spacial score (nSPS) is 13.3. The second-order valence-corrected chi connectivity index (χ2v) is 7.76. The average molecular weight is 412 g/mol. The van der Waals surface area contributed by atoms with Gasteiger partial charge in [0.2, 0.25) is 10.0 Å². The van der Waals surface area contributed by atoms with Crippen LogP contribution in [0.4, 0.5) is 11.4 Å². The largest absolute Gasteiger partial charge is 0.482 e. The minimum absolute atomic E-state index is 0.00976. The van der Waals surface area contributed by atoms with Crippen molar-refractivity contribution in [2.75, 3.05) is 18.1 Å². The zero-order valence-electron chi connectivity index (χ0n) is 13.8. The highest BCUT2D eigenvalue weighted by molar-refractivity contribution is 7.89. The molecule has 0 aliphatic carbocycles. The summed E-state index contributed by atoms with van der Waals surface area (Å²) in [5.41, 5.74) is 1.10. The molecule has 3 rings (SSSR count). The number of sulfonamides is 1. The molecule has 0 fully saturated rings. The molecule has 2 aromatic carbocycles. The summed E-state index contributed by atoms with van der Waals surface area (Å²) in [6.45, 7) is 0.0491. The Morgan fingerprint density at radius 3 is 2.67 bits per heavy atom. The molecule has 9 nitrogen and oxygen atoms in total. The number of ether oxygens (including phenoxy) is 1. The maximum absolute atomic E-state index is 12.5. The first kappa shape index (κ1) is 19.1. The molecule has 2 N–H and O–H groups in total. The van der Waals surface area contributed by atoms with Gasteiger partial charge in [-0.1, -0.05) is 11.6 Å². The Hall–Kier alpha value is -2.69. The van der Waals surface area contributed by atoms with E-state index in [0.717, 1.165) is 6.07 Å². The van der Waals surface area contributed by atoms with Crippen molar-refractivity contribution in [3.8, 4) is 5.75 Å². The molecule has 1 aliphatic heterocycles. The number of hydrogen-bond acceptors (Lipinski definition) is 6. The Labute approximate surface area is 159 Å². The van der Waals surface area contributed by atoms with Crippen molar-refractivity contribution in [2.24, 2.45) is 5.14 Å². The lowest BCUT2D eigenvalue weighted by molar-refractivity contribution is -0.384. The van der Waals surface area contributed by atoms with Crippen molar-refractivity contribution >= 4 is 38.9 Å². The third kappa shape index (κ3) is 4.02. The molecule has 2 aromatic rings. The molecule has 0 radical (unpaired) electrons. The number of hydrogen-bond donors (Lipinski definition) is 1. The van der Waals surface area contributed by atoms with Gasteiger partial charge in [0.1, 0.15) is 5.75 Å². The molecule has 0 spiro atoms. The highest BCUT2D eigenvalue weighted by Gasteiger charge is 2.26. The van der Waals surface area contributed by atoms with Crippen LogP contribution in [0.1, 0.15) is 5.56 Å². The molecule has 0 unspecified atom stereocenters. The number of amides is 1. The zero-order valence-corrected chi connectivity index (χ0v) is 15.4. The van der Waals surface area contributed by atoms with E-state index in [-0.39, 0.29) is 33.9 Å². The summed E-state index contributed by atoms with van der Waals surface area (Å²) in [6, 6.07) is 8.01. The number of fused-ring (bicyclic) bond motifs is 1. The van der Waals surface area contributed by atoms with Crippen LogP contribution in [0.15, 0.2) is 41.3 Å². The maximum atomic E-state index is 12.5. The molecule has 0 atom stereocenters. The van der Waals surface area contributed by atoms with Gasteiger partial charge in [0.25, 0.3) is 11.6 Å². The van der Waals surface area contributed by atoms with Crippen LogP contribution in [0.25, 0.3) is 0 Å². The van der Waals surface area contributed by atoms with E-state index < -0.39 is 14.9 Å². The lowest BCUT2D eigenvalue weighted by Crippen LogP contribution is -2.33. The first-order chi connectivity index (χ1) is 12.7. The third-order valence-corrected chi connectivity index (χ3v) is 5.26. The highest BCUT2D eigenvalue weighted by atomic mass is 35.5. The van der Waals surface area contributed by atoms with E-state index in [2.05, 4.69) is 0 Å². The predicted molar refractivity (Wildman–Crippen MR) is 97.5 cm³/mol. The Morgan fingerprint density at radius 1 is 1.30 bits per heavy atom. The quantitative estimate of drug-likeness (QED) is 0.589. The molecule has 0 saturated carbocycles. The first-order valence-corrected chi connectivity index (χ1v) is 9.62. The fraction of sp³-hybridized carbons (Fsp3) is 0.188. The summed E-state index contributed by atoms with van der Waals surface area (Å²) in [6.07, 6.45) is 0.489. The zero-order chi connectivity index (χ0) is 19.8. The van der Waals surface area contributed by atoms with Gasteiger partial charge in [0.05, 0.1) is 14.8 Å². The average Bonchev–Trinajstić information content (AvgIpc) is 3.02. The van der Waals surface area contributed by atoms with Crippen LogP contribution in [0.2, 0.25) is 5.02 Å². The van der Waals surface area contributed by atoms with Gasteiger partial charge in [0.15, 0.2) is 6.61 Å². The van der Waals surface area contributed by atoms with Crippen LogP contribution in [-0.2, 0) is 21.2 Å². The van der Waals surface area contributed by atoms with Crippen LogP contribution in [-0.4, -0.2) is 32.4 Å². The summed E-state index contributed by atoms with van der Waals surface area (Å²) >= 11 is 5.93. The Balaban J connectivity index is 1.71. The number of rotatable bonds is 5. The molecule has 1 aliphatic rings. The van der Waals surface area contributed by atoms with E-state index in [4.69, 9.17) is 21.5 Å². The van der Waals surface area contributed by atoms with Crippen LogP contribution < -0.4 is 14.8 Å². The van der Waals surface area contributed by atoms with Crippen molar-refractivity contribution in [1.82, 2.24) is 0 Å². The number of benzene rings is 2. The fourth-order valence-corrected chi connectivity index (χ4v) is 3.55. The van der Waals surface area contributed by atoms with E-state index in [0.29, 0.717) is 24.2 Å². The molecule has 0 saturated heterocycles. The summed E-state index contributed by atoms with van der Waals surface area (Å²) < 4.78 is 28.2. The second-order valence-electron chi connectivity index (χ2n) is 5.79. The molecule has 0 bridgehead atoms. The van der Waals surface area contributed by atoms with Gasteiger partial charge in [-0.05, 0) is 36.2 Å². The molecular formula is C16H14ClN3O6S. The first-order valence-electron chi connectivity index (χ1n) is 7.69. The summed E-state index contributed by atoms with van der Waals surface area (Å²) in [4.78, 5) is 24.0. The summed E-state index contributed by atoms with van der Waals surface area (Å²) in [5, 5.41) is 15.8. The molecule has 1 heterocycles. The number of nitro benzene ring substituents is 1. The third-order valence-electron chi connectivity index (χ3n) is 4.05. The Bertz CT molecular complexity index is 1040. The molecule has 1 amide bonds. The van der Waals surface area contributed by atoms with Gasteiger partial charge >= 0.3 is 0 Å². The number of anilines is 1. The second kappa shape index (κ2) is 7.14. The van der Waals surface area contributed by atoms with Gasteiger partial charge in [-0.15, -0.1) is 0 Å². The van der Waals surface area contributed by atoms with Gasteiger partial charge in [-0.25, -0.2) is 13.6 Å².